The standard InChI is InChI=1S/C16H17N3O3/c1-3-6-14-15(20)17-12-7-4-5-8-13(12)19(14)16(21)11-9-22-18-10(11)2/h4-5,7-9,14H,3,6H2,1-2H3,(H,17,20)/t14-/m0/s1. The van der Waals surface area contributed by atoms with E-state index in [2.05, 4.69) is 10.5 Å². The second-order valence-electron chi connectivity index (χ2n) is 5.30. The number of nitrogens with zero attached hydrogens (tertiary/aromatic N) is 2. The van der Waals surface area contributed by atoms with Gasteiger partial charge in [-0.15, -0.1) is 0 Å². The molecule has 2 aromatic rings. The normalized spacial score (nSPS) is 17.1. The lowest BCUT2D eigenvalue weighted by molar-refractivity contribution is -0.117. The largest absolute Gasteiger partial charge is 0.364 e. The van der Waals surface area contributed by atoms with Crippen molar-refractivity contribution in [1.82, 2.24) is 5.16 Å². The van der Waals surface area contributed by atoms with Crippen LogP contribution in [-0.2, 0) is 4.79 Å². The molecular formula is C16H17N3O3. The molecule has 6 heteroatoms. The van der Waals surface area contributed by atoms with Crippen LogP contribution in [-0.4, -0.2) is 23.0 Å². The fraction of sp³-hybridized carbons (Fsp3) is 0.312. The van der Waals surface area contributed by atoms with E-state index in [-0.39, 0.29) is 11.8 Å². The number of fused-ring (bicyclic) bond motifs is 1. The van der Waals surface area contributed by atoms with Crippen LogP contribution in [0.5, 0.6) is 0 Å². The molecule has 2 heterocycles. The number of carbonyl (C=O) groups excluding carboxylic acids is 2. The number of nitrogens with one attached hydrogen (secondary N) is 1. The van der Waals surface area contributed by atoms with Gasteiger partial charge < -0.3 is 9.84 Å². The Balaban J connectivity index is 2.09. The Kier molecular flexibility index (Phi) is 3.66. The van der Waals surface area contributed by atoms with Gasteiger partial charge in [-0.2, -0.15) is 0 Å². The summed E-state index contributed by atoms with van der Waals surface area (Å²) in [5.41, 5.74) is 2.24. The highest BCUT2D eigenvalue weighted by Crippen LogP contribution is 2.34. The number of aromatic nitrogens is 1. The molecule has 0 bridgehead atoms. The summed E-state index contributed by atoms with van der Waals surface area (Å²) in [5.74, 6) is -0.428. The van der Waals surface area contributed by atoms with Crippen LogP contribution >= 0.6 is 0 Å². The van der Waals surface area contributed by atoms with Crippen molar-refractivity contribution >= 4 is 23.2 Å². The van der Waals surface area contributed by atoms with Crippen molar-refractivity contribution in [2.24, 2.45) is 0 Å². The highest BCUT2D eigenvalue weighted by atomic mass is 16.5. The number of rotatable bonds is 3. The summed E-state index contributed by atoms with van der Waals surface area (Å²) in [4.78, 5) is 26.8. The van der Waals surface area contributed by atoms with Crippen LogP contribution in [0.3, 0.4) is 0 Å². The van der Waals surface area contributed by atoms with Crippen molar-refractivity contribution in [3.63, 3.8) is 0 Å². The lowest BCUT2D eigenvalue weighted by Crippen LogP contribution is -2.51. The Hall–Kier alpha value is -2.63. The predicted octanol–water partition coefficient (Wildman–Crippen LogP) is 2.75. The zero-order valence-electron chi connectivity index (χ0n) is 12.5. The number of aryl methyl sites for hydroxylation is 1. The molecule has 1 atom stereocenters. The first-order valence-corrected chi connectivity index (χ1v) is 7.28. The molecule has 1 aliphatic heterocycles. The van der Waals surface area contributed by atoms with Crippen LogP contribution in [0.2, 0.25) is 0 Å². The molecule has 0 aliphatic carbocycles. The van der Waals surface area contributed by atoms with Crippen molar-refractivity contribution in [3.05, 3.63) is 41.8 Å². The molecule has 0 unspecified atom stereocenters. The lowest BCUT2D eigenvalue weighted by Gasteiger charge is -2.36. The number of hydrogen-bond acceptors (Lipinski definition) is 4. The first-order valence-electron chi connectivity index (χ1n) is 7.28. The maximum Gasteiger partial charge on any atom is 0.264 e. The summed E-state index contributed by atoms with van der Waals surface area (Å²) in [6.45, 7) is 3.70. The predicted molar refractivity (Wildman–Crippen MR) is 81.8 cm³/mol. The van der Waals surface area contributed by atoms with Crippen LogP contribution in [0.4, 0.5) is 11.4 Å². The Morgan fingerprint density at radius 3 is 2.86 bits per heavy atom. The second kappa shape index (κ2) is 5.63. The van der Waals surface area contributed by atoms with Gasteiger partial charge in [-0.3, -0.25) is 14.5 Å². The Morgan fingerprint density at radius 1 is 1.41 bits per heavy atom. The fourth-order valence-corrected chi connectivity index (χ4v) is 2.70. The molecule has 0 fully saturated rings. The van der Waals surface area contributed by atoms with Crippen LogP contribution in [0.25, 0.3) is 0 Å². The number of amides is 2. The highest BCUT2D eigenvalue weighted by molar-refractivity contribution is 6.16. The van der Waals surface area contributed by atoms with Crippen LogP contribution < -0.4 is 10.2 Å². The van der Waals surface area contributed by atoms with Gasteiger partial charge in [0, 0.05) is 0 Å². The van der Waals surface area contributed by atoms with E-state index in [0.29, 0.717) is 29.1 Å². The van der Waals surface area contributed by atoms with Crippen molar-refractivity contribution in [2.45, 2.75) is 32.7 Å². The van der Waals surface area contributed by atoms with E-state index in [1.54, 1.807) is 17.9 Å². The molecule has 0 radical (unpaired) electrons. The van der Waals surface area contributed by atoms with Gasteiger partial charge >= 0.3 is 0 Å². The Bertz CT molecular complexity index is 723. The topological polar surface area (TPSA) is 75.4 Å². The second-order valence-corrected chi connectivity index (χ2v) is 5.30. The van der Waals surface area contributed by atoms with E-state index >= 15 is 0 Å². The molecule has 1 aromatic carbocycles. The van der Waals surface area contributed by atoms with Gasteiger partial charge in [0.1, 0.15) is 17.9 Å². The van der Waals surface area contributed by atoms with Gasteiger partial charge in [-0.25, -0.2) is 0 Å². The van der Waals surface area contributed by atoms with Crippen LogP contribution in [0, 0.1) is 6.92 Å². The summed E-state index contributed by atoms with van der Waals surface area (Å²) in [6.07, 6.45) is 2.72. The maximum absolute atomic E-state index is 12.9. The molecule has 1 N–H and O–H groups in total. The van der Waals surface area contributed by atoms with Crippen molar-refractivity contribution in [1.29, 1.82) is 0 Å². The van der Waals surface area contributed by atoms with Gasteiger partial charge in [-0.05, 0) is 25.5 Å². The van der Waals surface area contributed by atoms with Crippen molar-refractivity contribution < 1.29 is 14.1 Å². The zero-order chi connectivity index (χ0) is 15.7. The average molecular weight is 299 g/mol. The van der Waals surface area contributed by atoms with Gasteiger partial charge in [0.15, 0.2) is 0 Å². The van der Waals surface area contributed by atoms with E-state index in [9.17, 15) is 9.59 Å². The molecular weight excluding hydrogens is 282 g/mol. The summed E-state index contributed by atoms with van der Waals surface area (Å²) in [5, 5.41) is 6.62. The first-order chi connectivity index (χ1) is 10.6. The maximum atomic E-state index is 12.9. The van der Waals surface area contributed by atoms with Crippen LogP contribution in [0.1, 0.15) is 35.8 Å². The Labute approximate surface area is 128 Å². The summed E-state index contributed by atoms with van der Waals surface area (Å²) >= 11 is 0. The van der Waals surface area contributed by atoms with E-state index in [1.165, 1.54) is 6.26 Å². The summed E-state index contributed by atoms with van der Waals surface area (Å²) < 4.78 is 4.87. The number of para-hydroxylation sites is 2. The molecule has 114 valence electrons. The molecule has 6 nitrogen and oxygen atoms in total. The zero-order valence-corrected chi connectivity index (χ0v) is 12.5. The molecule has 0 saturated heterocycles. The van der Waals surface area contributed by atoms with E-state index in [0.717, 1.165) is 6.42 Å². The highest BCUT2D eigenvalue weighted by Gasteiger charge is 2.37. The third-order valence-corrected chi connectivity index (χ3v) is 3.80. The third-order valence-electron chi connectivity index (χ3n) is 3.80. The summed E-state index contributed by atoms with van der Waals surface area (Å²) in [7, 11) is 0. The smallest absolute Gasteiger partial charge is 0.264 e. The SMILES string of the molecule is CCC[C@H]1C(=O)Nc2ccccc2N1C(=O)c1conc1C. The number of benzene rings is 1. The average Bonchev–Trinajstić information content (AvgIpc) is 2.93. The molecule has 1 aliphatic rings. The minimum atomic E-state index is -0.526. The molecule has 0 spiro atoms. The monoisotopic (exact) mass is 299 g/mol. The minimum absolute atomic E-state index is 0.164. The number of carbonyl (C=O) groups is 2. The lowest BCUT2D eigenvalue weighted by atomic mass is 10.0. The van der Waals surface area contributed by atoms with E-state index in [1.807, 2.05) is 25.1 Å². The molecule has 0 saturated carbocycles. The van der Waals surface area contributed by atoms with Gasteiger partial charge in [0.25, 0.3) is 5.91 Å². The van der Waals surface area contributed by atoms with Crippen molar-refractivity contribution in [3.8, 4) is 0 Å². The third kappa shape index (κ3) is 2.26. The van der Waals surface area contributed by atoms with Gasteiger partial charge in [-0.1, -0.05) is 30.6 Å². The first kappa shape index (κ1) is 14.3. The minimum Gasteiger partial charge on any atom is -0.364 e. The number of hydrogen-bond donors (Lipinski definition) is 1. The molecule has 22 heavy (non-hydrogen) atoms. The van der Waals surface area contributed by atoms with Gasteiger partial charge in [0.2, 0.25) is 5.91 Å². The quantitative estimate of drug-likeness (QED) is 0.945. The van der Waals surface area contributed by atoms with E-state index in [4.69, 9.17) is 4.52 Å². The molecule has 1 aromatic heterocycles. The fourth-order valence-electron chi connectivity index (χ4n) is 2.70. The van der Waals surface area contributed by atoms with Gasteiger partial charge in [0.05, 0.1) is 17.1 Å². The van der Waals surface area contributed by atoms with Crippen LogP contribution in [0.15, 0.2) is 35.1 Å². The number of anilines is 2. The molecule has 2 amide bonds. The van der Waals surface area contributed by atoms with E-state index < -0.39 is 6.04 Å². The summed E-state index contributed by atoms with van der Waals surface area (Å²) in [6, 6.07) is 6.77. The Morgan fingerprint density at radius 2 is 2.18 bits per heavy atom. The van der Waals surface area contributed by atoms with Crippen molar-refractivity contribution in [2.75, 3.05) is 10.2 Å². The molecule has 3 rings (SSSR count).